The van der Waals surface area contributed by atoms with Crippen LogP contribution in [-0.4, -0.2) is 41.5 Å². The molecule has 0 N–H and O–H groups in total. The Labute approximate surface area is 162 Å². The molecule has 146 valence electrons. The summed E-state index contributed by atoms with van der Waals surface area (Å²) in [6.07, 6.45) is 3.68. The number of rotatable bonds is 4. The Morgan fingerprint density at radius 3 is 2.70 bits per heavy atom. The molecular weight excluding hydrogens is 336 g/mol. The molecule has 1 saturated heterocycles. The monoisotopic (exact) mass is 368 g/mol. The van der Waals surface area contributed by atoms with Crippen LogP contribution in [0.1, 0.15) is 56.1 Å². The molecule has 2 aromatic rings. The van der Waals surface area contributed by atoms with E-state index >= 15 is 0 Å². The van der Waals surface area contributed by atoms with Gasteiger partial charge in [-0.2, -0.15) is 0 Å². The highest BCUT2D eigenvalue weighted by Gasteiger charge is 2.49. The molecule has 4 nitrogen and oxygen atoms in total. The molecule has 1 aliphatic heterocycles. The van der Waals surface area contributed by atoms with Crippen molar-refractivity contribution in [1.29, 1.82) is 0 Å². The van der Waals surface area contributed by atoms with Crippen LogP contribution >= 0.6 is 0 Å². The fraction of sp³-hybridized carbons (Fsp3) is 0.609. The van der Waals surface area contributed by atoms with Gasteiger partial charge in [0.2, 0.25) is 0 Å². The number of benzene rings is 1. The van der Waals surface area contributed by atoms with E-state index in [1.165, 1.54) is 19.3 Å². The molecule has 1 aromatic heterocycles. The SMILES string of the molecule is COc1ccc2c(c1)c(C(=O)CN1CC3(C)CC1CC(C)(C)C3)c(C)n2C. The van der Waals surface area contributed by atoms with Gasteiger partial charge >= 0.3 is 0 Å². The second kappa shape index (κ2) is 6.10. The van der Waals surface area contributed by atoms with Gasteiger partial charge in [-0.1, -0.05) is 20.8 Å². The van der Waals surface area contributed by atoms with Gasteiger partial charge in [0.1, 0.15) is 5.75 Å². The summed E-state index contributed by atoms with van der Waals surface area (Å²) in [5, 5.41) is 1.01. The lowest BCUT2D eigenvalue weighted by Crippen LogP contribution is -2.37. The number of hydrogen-bond acceptors (Lipinski definition) is 3. The van der Waals surface area contributed by atoms with E-state index in [-0.39, 0.29) is 5.78 Å². The molecule has 0 amide bonds. The van der Waals surface area contributed by atoms with Crippen LogP contribution in [0.3, 0.4) is 0 Å². The highest BCUT2D eigenvalue weighted by molar-refractivity contribution is 6.10. The fourth-order valence-corrected chi connectivity index (χ4v) is 6.06. The molecule has 0 radical (unpaired) electrons. The van der Waals surface area contributed by atoms with Crippen molar-refractivity contribution >= 4 is 16.7 Å². The summed E-state index contributed by atoms with van der Waals surface area (Å²) in [5.41, 5.74) is 3.71. The van der Waals surface area contributed by atoms with Gasteiger partial charge in [0.05, 0.1) is 13.7 Å². The summed E-state index contributed by atoms with van der Waals surface area (Å²) in [6.45, 7) is 10.8. The summed E-state index contributed by atoms with van der Waals surface area (Å²) in [4.78, 5) is 15.9. The average Bonchev–Trinajstić information content (AvgIpc) is 2.96. The molecule has 2 unspecified atom stereocenters. The molecule has 1 aromatic carbocycles. The van der Waals surface area contributed by atoms with Crippen molar-refractivity contribution < 1.29 is 9.53 Å². The first-order valence-corrected chi connectivity index (χ1v) is 10.0. The first kappa shape index (κ1) is 18.5. The molecule has 2 aliphatic rings. The van der Waals surface area contributed by atoms with Gasteiger partial charge < -0.3 is 9.30 Å². The Balaban J connectivity index is 1.65. The molecule has 2 bridgehead atoms. The van der Waals surface area contributed by atoms with Crippen molar-refractivity contribution in [3.05, 3.63) is 29.5 Å². The highest BCUT2D eigenvalue weighted by Crippen LogP contribution is 2.52. The normalized spacial score (nSPS) is 27.3. The molecule has 4 rings (SSSR count). The summed E-state index contributed by atoms with van der Waals surface area (Å²) in [6, 6.07) is 6.54. The standard InChI is InChI=1S/C23H32N2O2/c1-15-21(18-9-17(27-6)7-8-19(18)24(15)5)20(26)12-25-14-23(4)11-16(25)10-22(2,3)13-23/h7-9,16H,10-14H2,1-6H3. The third kappa shape index (κ3) is 3.08. The van der Waals surface area contributed by atoms with Gasteiger partial charge in [0.15, 0.2) is 5.78 Å². The number of aryl methyl sites for hydroxylation is 1. The Bertz CT molecular complexity index is 911. The van der Waals surface area contributed by atoms with E-state index in [4.69, 9.17) is 4.74 Å². The van der Waals surface area contributed by atoms with Crippen LogP contribution in [0, 0.1) is 17.8 Å². The van der Waals surface area contributed by atoms with Crippen LogP contribution in [-0.2, 0) is 7.05 Å². The first-order valence-electron chi connectivity index (χ1n) is 10.0. The lowest BCUT2D eigenvalue weighted by Gasteiger charge is -2.39. The number of carbonyl (C=O) groups excluding carboxylic acids is 1. The van der Waals surface area contributed by atoms with Gasteiger partial charge in [0.25, 0.3) is 0 Å². The number of carbonyl (C=O) groups is 1. The van der Waals surface area contributed by atoms with Crippen LogP contribution in [0.25, 0.3) is 10.9 Å². The maximum atomic E-state index is 13.4. The quantitative estimate of drug-likeness (QED) is 0.741. The number of ketones is 1. The summed E-state index contributed by atoms with van der Waals surface area (Å²) in [5.74, 6) is 1.04. The maximum Gasteiger partial charge on any atom is 0.179 e. The number of likely N-dealkylation sites (tertiary alicyclic amines) is 1. The second-order valence-corrected chi connectivity index (χ2v) is 9.94. The first-order chi connectivity index (χ1) is 12.6. The Morgan fingerprint density at radius 2 is 2.00 bits per heavy atom. The minimum Gasteiger partial charge on any atom is -0.497 e. The topological polar surface area (TPSA) is 34.5 Å². The van der Waals surface area contributed by atoms with Gasteiger partial charge in [-0.3, -0.25) is 9.69 Å². The Hall–Kier alpha value is -1.81. The zero-order valence-corrected chi connectivity index (χ0v) is 17.6. The van der Waals surface area contributed by atoms with Crippen LogP contribution in [0.5, 0.6) is 5.75 Å². The van der Waals surface area contributed by atoms with Crippen molar-refractivity contribution in [2.45, 2.75) is 53.0 Å². The predicted octanol–water partition coefficient (Wildman–Crippen LogP) is 4.58. The van der Waals surface area contributed by atoms with E-state index in [0.29, 0.717) is 23.4 Å². The van der Waals surface area contributed by atoms with E-state index in [2.05, 4.69) is 30.2 Å². The summed E-state index contributed by atoms with van der Waals surface area (Å²) < 4.78 is 7.52. The van der Waals surface area contributed by atoms with Crippen molar-refractivity contribution in [1.82, 2.24) is 9.47 Å². The molecule has 0 spiro atoms. The highest BCUT2D eigenvalue weighted by atomic mass is 16.5. The minimum absolute atomic E-state index is 0.236. The number of Topliss-reactive ketones (excluding diaryl/α,β-unsaturated/α-hetero) is 1. The third-order valence-corrected chi connectivity index (χ3v) is 6.85. The minimum atomic E-state index is 0.236. The van der Waals surface area contributed by atoms with E-state index in [0.717, 1.165) is 34.5 Å². The van der Waals surface area contributed by atoms with Gasteiger partial charge in [-0.25, -0.2) is 0 Å². The third-order valence-electron chi connectivity index (χ3n) is 6.85. The molecule has 2 atom stereocenters. The van der Waals surface area contributed by atoms with Crippen molar-refractivity contribution in [3.63, 3.8) is 0 Å². The van der Waals surface area contributed by atoms with E-state index in [1.807, 2.05) is 32.2 Å². The molecule has 1 aliphatic carbocycles. The van der Waals surface area contributed by atoms with Gasteiger partial charge in [-0.15, -0.1) is 0 Å². The van der Waals surface area contributed by atoms with Gasteiger partial charge in [-0.05, 0) is 55.2 Å². The molecule has 2 heterocycles. The van der Waals surface area contributed by atoms with Crippen molar-refractivity contribution in [2.24, 2.45) is 17.9 Å². The maximum absolute atomic E-state index is 13.4. The number of ether oxygens (including phenoxy) is 1. The van der Waals surface area contributed by atoms with E-state index < -0.39 is 0 Å². The molecule has 4 heteroatoms. The second-order valence-electron chi connectivity index (χ2n) is 9.94. The molecular formula is C23H32N2O2. The zero-order chi connectivity index (χ0) is 19.6. The lowest BCUT2D eigenvalue weighted by atomic mass is 9.65. The largest absolute Gasteiger partial charge is 0.497 e. The van der Waals surface area contributed by atoms with Crippen LogP contribution < -0.4 is 4.74 Å². The van der Waals surface area contributed by atoms with Crippen LogP contribution in [0.2, 0.25) is 0 Å². The number of aromatic nitrogens is 1. The average molecular weight is 369 g/mol. The molecule has 2 fully saturated rings. The lowest BCUT2D eigenvalue weighted by molar-refractivity contribution is 0.0900. The van der Waals surface area contributed by atoms with Crippen LogP contribution in [0.4, 0.5) is 0 Å². The number of fused-ring (bicyclic) bond motifs is 3. The number of hydrogen-bond donors (Lipinski definition) is 0. The van der Waals surface area contributed by atoms with E-state index in [9.17, 15) is 4.79 Å². The fourth-order valence-electron chi connectivity index (χ4n) is 6.06. The van der Waals surface area contributed by atoms with Crippen molar-refractivity contribution in [2.75, 3.05) is 20.2 Å². The summed E-state index contributed by atoms with van der Waals surface area (Å²) >= 11 is 0. The van der Waals surface area contributed by atoms with E-state index in [1.54, 1.807) is 7.11 Å². The zero-order valence-electron chi connectivity index (χ0n) is 17.6. The summed E-state index contributed by atoms with van der Waals surface area (Å²) in [7, 11) is 3.71. The Kier molecular flexibility index (Phi) is 4.19. The van der Waals surface area contributed by atoms with Gasteiger partial charge in [0, 0.05) is 41.8 Å². The molecule has 1 saturated carbocycles. The Morgan fingerprint density at radius 1 is 1.26 bits per heavy atom. The van der Waals surface area contributed by atoms with Crippen molar-refractivity contribution in [3.8, 4) is 5.75 Å². The molecule has 27 heavy (non-hydrogen) atoms. The smallest absolute Gasteiger partial charge is 0.179 e. The predicted molar refractivity (Wildman–Crippen MR) is 110 cm³/mol. The number of methoxy groups -OCH3 is 1. The van der Waals surface area contributed by atoms with Crippen LogP contribution in [0.15, 0.2) is 18.2 Å². The number of nitrogens with zero attached hydrogens (tertiary/aromatic N) is 2.